The van der Waals surface area contributed by atoms with Gasteiger partial charge in [-0.2, -0.15) is 0 Å². The lowest BCUT2D eigenvalue weighted by atomic mass is 9.99. The second-order valence-corrected chi connectivity index (χ2v) is 5.23. The van der Waals surface area contributed by atoms with Gasteiger partial charge in [0.05, 0.1) is 7.11 Å². The van der Waals surface area contributed by atoms with Crippen molar-refractivity contribution in [2.45, 2.75) is 20.3 Å². The fourth-order valence-corrected chi connectivity index (χ4v) is 2.49. The third kappa shape index (κ3) is 2.59. The van der Waals surface area contributed by atoms with E-state index >= 15 is 0 Å². The zero-order chi connectivity index (χ0) is 13.1. The van der Waals surface area contributed by atoms with Crippen LogP contribution in [0.2, 0.25) is 0 Å². The van der Waals surface area contributed by atoms with Crippen LogP contribution in [0.3, 0.4) is 0 Å². The van der Waals surface area contributed by atoms with E-state index in [1.807, 2.05) is 6.07 Å². The van der Waals surface area contributed by atoms with E-state index in [2.05, 4.69) is 60.1 Å². The minimum Gasteiger partial charge on any atom is -0.496 e. The van der Waals surface area contributed by atoms with Crippen LogP contribution in [0.1, 0.15) is 18.1 Å². The Labute approximate surface area is 117 Å². The van der Waals surface area contributed by atoms with E-state index in [1.165, 1.54) is 16.7 Å². The fourth-order valence-electron chi connectivity index (χ4n) is 2.03. The summed E-state index contributed by atoms with van der Waals surface area (Å²) in [5.74, 6) is 0.915. The maximum atomic E-state index is 5.47. The number of aryl methyl sites for hydroxylation is 2. The molecule has 0 aliphatic heterocycles. The summed E-state index contributed by atoms with van der Waals surface area (Å²) in [5.41, 5.74) is 4.89. The molecule has 2 heteroatoms. The van der Waals surface area contributed by atoms with Crippen LogP contribution in [0.5, 0.6) is 5.75 Å². The molecule has 0 atom stereocenters. The van der Waals surface area contributed by atoms with Crippen molar-refractivity contribution in [1.82, 2.24) is 0 Å². The van der Waals surface area contributed by atoms with Crippen molar-refractivity contribution >= 4 is 15.9 Å². The minimum absolute atomic E-state index is 0.915. The second kappa shape index (κ2) is 5.57. The van der Waals surface area contributed by atoms with Gasteiger partial charge in [0.15, 0.2) is 0 Å². The van der Waals surface area contributed by atoms with E-state index in [0.29, 0.717) is 0 Å². The molecule has 0 radical (unpaired) electrons. The molecule has 0 aromatic heterocycles. The van der Waals surface area contributed by atoms with E-state index in [-0.39, 0.29) is 0 Å². The van der Waals surface area contributed by atoms with Crippen LogP contribution in [-0.2, 0) is 6.42 Å². The highest BCUT2D eigenvalue weighted by Crippen LogP contribution is 2.36. The van der Waals surface area contributed by atoms with Crippen LogP contribution >= 0.6 is 15.9 Å². The molecule has 0 saturated heterocycles. The van der Waals surface area contributed by atoms with Crippen molar-refractivity contribution in [1.29, 1.82) is 0 Å². The van der Waals surface area contributed by atoms with Crippen molar-refractivity contribution in [3.8, 4) is 16.9 Å². The summed E-state index contributed by atoms with van der Waals surface area (Å²) >= 11 is 3.62. The Morgan fingerprint density at radius 1 is 1.06 bits per heavy atom. The standard InChI is InChI=1S/C16H17BrO/c1-4-12-6-8-16(18-3)14(10-12)13-9-11(2)5-7-15(13)17/h5-10H,4H2,1-3H3. The smallest absolute Gasteiger partial charge is 0.126 e. The van der Waals surface area contributed by atoms with Gasteiger partial charge in [-0.25, -0.2) is 0 Å². The lowest BCUT2D eigenvalue weighted by Crippen LogP contribution is -1.91. The van der Waals surface area contributed by atoms with Crippen molar-refractivity contribution in [2.24, 2.45) is 0 Å². The topological polar surface area (TPSA) is 9.23 Å². The van der Waals surface area contributed by atoms with Crippen molar-refractivity contribution in [3.63, 3.8) is 0 Å². The molecule has 18 heavy (non-hydrogen) atoms. The van der Waals surface area contributed by atoms with Gasteiger partial charge in [-0.15, -0.1) is 0 Å². The monoisotopic (exact) mass is 304 g/mol. The van der Waals surface area contributed by atoms with Crippen molar-refractivity contribution in [2.75, 3.05) is 7.11 Å². The molecule has 0 spiro atoms. The number of halogens is 1. The lowest BCUT2D eigenvalue weighted by molar-refractivity contribution is 0.416. The molecule has 2 aromatic rings. The molecule has 0 heterocycles. The number of rotatable bonds is 3. The van der Waals surface area contributed by atoms with Crippen molar-refractivity contribution < 1.29 is 4.74 Å². The van der Waals surface area contributed by atoms with Crippen LogP contribution in [0.25, 0.3) is 11.1 Å². The summed E-state index contributed by atoms with van der Waals surface area (Å²) in [5, 5.41) is 0. The zero-order valence-electron chi connectivity index (χ0n) is 11.0. The summed E-state index contributed by atoms with van der Waals surface area (Å²) in [7, 11) is 1.72. The molecular formula is C16H17BrO. The Bertz CT molecular complexity index is 561. The summed E-state index contributed by atoms with van der Waals surface area (Å²) in [4.78, 5) is 0. The molecule has 0 bridgehead atoms. The van der Waals surface area contributed by atoms with Gasteiger partial charge in [-0.1, -0.05) is 46.6 Å². The first kappa shape index (κ1) is 13.2. The largest absolute Gasteiger partial charge is 0.496 e. The van der Waals surface area contributed by atoms with E-state index in [0.717, 1.165) is 22.2 Å². The first-order chi connectivity index (χ1) is 8.65. The summed E-state index contributed by atoms with van der Waals surface area (Å²) < 4.78 is 6.57. The third-order valence-electron chi connectivity index (χ3n) is 3.08. The molecule has 2 aromatic carbocycles. The Kier molecular flexibility index (Phi) is 4.07. The predicted octanol–water partition coefficient (Wildman–Crippen LogP) is 5.00. The second-order valence-electron chi connectivity index (χ2n) is 4.37. The van der Waals surface area contributed by atoms with Gasteiger partial charge >= 0.3 is 0 Å². The van der Waals surface area contributed by atoms with Gasteiger partial charge in [0.1, 0.15) is 5.75 Å². The molecule has 0 amide bonds. The molecule has 94 valence electrons. The normalized spacial score (nSPS) is 10.4. The molecule has 0 unspecified atom stereocenters. The molecule has 1 nitrogen and oxygen atoms in total. The molecule has 0 N–H and O–H groups in total. The molecule has 2 rings (SSSR count). The van der Waals surface area contributed by atoms with Crippen LogP contribution in [-0.4, -0.2) is 7.11 Å². The molecule has 0 saturated carbocycles. The number of hydrogen-bond donors (Lipinski definition) is 0. The quantitative estimate of drug-likeness (QED) is 0.775. The SMILES string of the molecule is CCc1ccc(OC)c(-c2cc(C)ccc2Br)c1. The van der Waals surface area contributed by atoms with Crippen LogP contribution < -0.4 is 4.74 Å². The first-order valence-corrected chi connectivity index (χ1v) is 6.88. The maximum Gasteiger partial charge on any atom is 0.126 e. The van der Waals surface area contributed by atoms with Gasteiger partial charge in [-0.05, 0) is 42.7 Å². The first-order valence-electron chi connectivity index (χ1n) is 6.09. The van der Waals surface area contributed by atoms with Gasteiger partial charge in [0.2, 0.25) is 0 Å². The average Bonchev–Trinajstić information content (AvgIpc) is 2.40. The van der Waals surface area contributed by atoms with E-state index in [9.17, 15) is 0 Å². The van der Waals surface area contributed by atoms with E-state index in [1.54, 1.807) is 7.11 Å². The summed E-state index contributed by atoms with van der Waals surface area (Å²) in [6.45, 7) is 4.27. The number of hydrogen-bond acceptors (Lipinski definition) is 1. The van der Waals surface area contributed by atoms with Gasteiger partial charge in [0.25, 0.3) is 0 Å². The molecule has 0 aliphatic carbocycles. The van der Waals surface area contributed by atoms with E-state index in [4.69, 9.17) is 4.74 Å². The average molecular weight is 305 g/mol. The van der Waals surface area contributed by atoms with Crippen molar-refractivity contribution in [3.05, 3.63) is 52.0 Å². The zero-order valence-corrected chi connectivity index (χ0v) is 12.5. The number of ether oxygens (including phenoxy) is 1. The Morgan fingerprint density at radius 2 is 1.83 bits per heavy atom. The summed E-state index contributed by atoms with van der Waals surface area (Å²) in [6, 6.07) is 12.7. The molecular weight excluding hydrogens is 288 g/mol. The van der Waals surface area contributed by atoms with Gasteiger partial charge in [-0.3, -0.25) is 0 Å². The van der Waals surface area contributed by atoms with Crippen LogP contribution in [0.15, 0.2) is 40.9 Å². The van der Waals surface area contributed by atoms with E-state index < -0.39 is 0 Å². The Hall–Kier alpha value is -1.28. The van der Waals surface area contributed by atoms with Crippen LogP contribution in [0.4, 0.5) is 0 Å². The fraction of sp³-hybridized carbons (Fsp3) is 0.250. The highest BCUT2D eigenvalue weighted by atomic mass is 79.9. The highest BCUT2D eigenvalue weighted by Gasteiger charge is 2.10. The predicted molar refractivity (Wildman–Crippen MR) is 80.2 cm³/mol. The van der Waals surface area contributed by atoms with Gasteiger partial charge in [0, 0.05) is 10.0 Å². The van der Waals surface area contributed by atoms with Gasteiger partial charge < -0.3 is 4.74 Å². The minimum atomic E-state index is 0.915. The number of methoxy groups -OCH3 is 1. The van der Waals surface area contributed by atoms with Crippen LogP contribution in [0, 0.1) is 6.92 Å². The third-order valence-corrected chi connectivity index (χ3v) is 3.78. The Morgan fingerprint density at radius 3 is 2.50 bits per heavy atom. The molecule has 0 aliphatic rings. The molecule has 0 fully saturated rings. The highest BCUT2D eigenvalue weighted by molar-refractivity contribution is 9.10. The maximum absolute atomic E-state index is 5.47. The Balaban J connectivity index is 2.64. The number of benzene rings is 2. The summed E-state index contributed by atoms with van der Waals surface area (Å²) in [6.07, 6.45) is 1.03. The lowest BCUT2D eigenvalue weighted by Gasteiger charge is -2.12.